The highest BCUT2D eigenvalue weighted by Crippen LogP contribution is 2.28. The standard InChI is InChI=1S/C11H15N/c1-11(12-2)7-9-5-3-4-6-10(9)8-11/h3-6,12H,7-8H2,1-2H3. The molecule has 1 aromatic carbocycles. The van der Waals surface area contributed by atoms with Gasteiger partial charge in [-0.25, -0.2) is 0 Å². The van der Waals surface area contributed by atoms with Crippen LogP contribution in [0.5, 0.6) is 0 Å². The van der Waals surface area contributed by atoms with Gasteiger partial charge >= 0.3 is 0 Å². The van der Waals surface area contributed by atoms with Crippen LogP contribution in [0.4, 0.5) is 0 Å². The van der Waals surface area contributed by atoms with Crippen LogP contribution in [0.25, 0.3) is 0 Å². The Bertz CT molecular complexity index is 266. The summed E-state index contributed by atoms with van der Waals surface area (Å²) in [4.78, 5) is 0. The Labute approximate surface area is 73.8 Å². The summed E-state index contributed by atoms with van der Waals surface area (Å²) >= 11 is 0. The van der Waals surface area contributed by atoms with E-state index < -0.39 is 0 Å². The molecule has 1 aliphatic rings. The average molecular weight is 161 g/mol. The number of hydrogen-bond donors (Lipinski definition) is 1. The zero-order chi connectivity index (χ0) is 8.60. The van der Waals surface area contributed by atoms with Gasteiger partial charge in [0, 0.05) is 5.54 Å². The minimum absolute atomic E-state index is 0.295. The largest absolute Gasteiger partial charge is 0.314 e. The number of rotatable bonds is 1. The first-order chi connectivity index (χ1) is 5.73. The molecule has 0 saturated carbocycles. The summed E-state index contributed by atoms with van der Waals surface area (Å²) in [7, 11) is 2.05. The number of fused-ring (bicyclic) bond motifs is 1. The fourth-order valence-electron chi connectivity index (χ4n) is 1.98. The first-order valence-electron chi connectivity index (χ1n) is 4.49. The first kappa shape index (κ1) is 7.81. The number of likely N-dealkylation sites (N-methyl/N-ethyl adjacent to an activating group) is 1. The topological polar surface area (TPSA) is 12.0 Å². The van der Waals surface area contributed by atoms with Crippen molar-refractivity contribution in [1.29, 1.82) is 0 Å². The molecular formula is C11H15N. The third-order valence-corrected chi connectivity index (χ3v) is 2.88. The van der Waals surface area contributed by atoms with E-state index in [2.05, 4.69) is 36.5 Å². The summed E-state index contributed by atoms with van der Waals surface area (Å²) in [5, 5.41) is 3.39. The molecule has 0 bridgehead atoms. The maximum Gasteiger partial charge on any atom is 0.0231 e. The number of benzene rings is 1. The molecule has 0 saturated heterocycles. The summed E-state index contributed by atoms with van der Waals surface area (Å²) in [5.74, 6) is 0. The van der Waals surface area contributed by atoms with Crippen LogP contribution in [-0.2, 0) is 12.8 Å². The van der Waals surface area contributed by atoms with Gasteiger partial charge in [0.1, 0.15) is 0 Å². The van der Waals surface area contributed by atoms with Crippen molar-refractivity contribution in [3.63, 3.8) is 0 Å². The van der Waals surface area contributed by atoms with Crippen molar-refractivity contribution in [2.45, 2.75) is 25.3 Å². The second kappa shape index (κ2) is 2.60. The maximum absolute atomic E-state index is 3.39. The van der Waals surface area contributed by atoms with E-state index in [1.54, 1.807) is 0 Å². The molecule has 1 aromatic rings. The van der Waals surface area contributed by atoms with E-state index in [-0.39, 0.29) is 0 Å². The summed E-state index contributed by atoms with van der Waals surface area (Å²) in [5.41, 5.74) is 3.31. The summed E-state index contributed by atoms with van der Waals surface area (Å²) in [6, 6.07) is 8.72. The first-order valence-corrected chi connectivity index (χ1v) is 4.49. The quantitative estimate of drug-likeness (QED) is 0.662. The molecule has 0 fully saturated rings. The molecule has 0 aliphatic heterocycles. The molecule has 1 heteroatoms. The Balaban J connectivity index is 2.33. The van der Waals surface area contributed by atoms with Gasteiger partial charge in [0.05, 0.1) is 0 Å². The third kappa shape index (κ3) is 1.14. The van der Waals surface area contributed by atoms with Crippen molar-refractivity contribution in [1.82, 2.24) is 5.32 Å². The van der Waals surface area contributed by atoms with Crippen LogP contribution in [0, 0.1) is 0 Å². The smallest absolute Gasteiger partial charge is 0.0231 e. The lowest BCUT2D eigenvalue weighted by Crippen LogP contribution is -2.40. The van der Waals surface area contributed by atoms with Gasteiger partial charge in [-0.15, -0.1) is 0 Å². The van der Waals surface area contributed by atoms with Gasteiger partial charge in [0.15, 0.2) is 0 Å². The van der Waals surface area contributed by atoms with Crippen molar-refractivity contribution in [3.05, 3.63) is 35.4 Å². The van der Waals surface area contributed by atoms with Crippen molar-refractivity contribution in [2.75, 3.05) is 7.05 Å². The molecule has 0 spiro atoms. The van der Waals surface area contributed by atoms with Crippen LogP contribution in [0.3, 0.4) is 0 Å². The van der Waals surface area contributed by atoms with E-state index in [9.17, 15) is 0 Å². The van der Waals surface area contributed by atoms with Gasteiger partial charge in [-0.3, -0.25) is 0 Å². The predicted molar refractivity (Wildman–Crippen MR) is 51.3 cm³/mol. The highest BCUT2D eigenvalue weighted by atomic mass is 14.9. The Morgan fingerprint density at radius 3 is 2.08 bits per heavy atom. The third-order valence-electron chi connectivity index (χ3n) is 2.88. The molecule has 0 atom stereocenters. The van der Waals surface area contributed by atoms with Crippen LogP contribution in [0.2, 0.25) is 0 Å². The van der Waals surface area contributed by atoms with Crippen molar-refractivity contribution in [2.24, 2.45) is 0 Å². The van der Waals surface area contributed by atoms with Crippen LogP contribution in [-0.4, -0.2) is 12.6 Å². The average Bonchev–Trinajstić information content (AvgIpc) is 2.42. The molecule has 64 valence electrons. The fraction of sp³-hybridized carbons (Fsp3) is 0.455. The highest BCUT2D eigenvalue weighted by Gasteiger charge is 2.30. The molecule has 0 amide bonds. The fourth-order valence-corrected chi connectivity index (χ4v) is 1.98. The molecule has 12 heavy (non-hydrogen) atoms. The monoisotopic (exact) mass is 161 g/mol. The maximum atomic E-state index is 3.39. The summed E-state index contributed by atoms with van der Waals surface area (Å²) < 4.78 is 0. The Morgan fingerprint density at radius 1 is 1.17 bits per heavy atom. The summed E-state index contributed by atoms with van der Waals surface area (Å²) in [6.07, 6.45) is 2.33. The number of hydrogen-bond acceptors (Lipinski definition) is 1. The molecule has 0 radical (unpaired) electrons. The Kier molecular flexibility index (Phi) is 1.69. The van der Waals surface area contributed by atoms with Crippen molar-refractivity contribution < 1.29 is 0 Å². The Morgan fingerprint density at radius 2 is 1.67 bits per heavy atom. The SMILES string of the molecule is CNC1(C)Cc2ccccc2C1. The van der Waals surface area contributed by atoms with E-state index in [0.29, 0.717) is 5.54 Å². The van der Waals surface area contributed by atoms with Crippen molar-refractivity contribution >= 4 is 0 Å². The molecule has 0 unspecified atom stereocenters. The Hall–Kier alpha value is -0.820. The molecule has 1 aliphatic carbocycles. The molecule has 1 N–H and O–H groups in total. The molecule has 0 aromatic heterocycles. The zero-order valence-electron chi connectivity index (χ0n) is 7.72. The van der Waals surface area contributed by atoms with E-state index in [1.807, 2.05) is 7.05 Å². The van der Waals surface area contributed by atoms with Crippen LogP contribution in [0.1, 0.15) is 18.1 Å². The van der Waals surface area contributed by atoms with E-state index in [4.69, 9.17) is 0 Å². The van der Waals surface area contributed by atoms with E-state index in [0.717, 1.165) is 0 Å². The molecular weight excluding hydrogens is 146 g/mol. The second-order valence-corrected chi connectivity index (χ2v) is 3.93. The highest BCUT2D eigenvalue weighted by molar-refractivity contribution is 5.35. The predicted octanol–water partition coefficient (Wildman–Crippen LogP) is 1.76. The lowest BCUT2D eigenvalue weighted by Gasteiger charge is -2.22. The minimum Gasteiger partial charge on any atom is -0.314 e. The van der Waals surface area contributed by atoms with E-state index in [1.165, 1.54) is 24.0 Å². The van der Waals surface area contributed by atoms with Gasteiger partial charge in [-0.05, 0) is 37.9 Å². The molecule has 2 rings (SSSR count). The molecule has 0 heterocycles. The van der Waals surface area contributed by atoms with Gasteiger partial charge in [-0.1, -0.05) is 24.3 Å². The number of nitrogens with one attached hydrogen (secondary N) is 1. The zero-order valence-corrected chi connectivity index (χ0v) is 7.72. The van der Waals surface area contributed by atoms with Crippen molar-refractivity contribution in [3.8, 4) is 0 Å². The molecule has 1 nitrogen and oxygen atoms in total. The van der Waals surface area contributed by atoms with Gasteiger partial charge < -0.3 is 5.32 Å². The van der Waals surface area contributed by atoms with Gasteiger partial charge in [0.25, 0.3) is 0 Å². The lowest BCUT2D eigenvalue weighted by atomic mass is 9.99. The van der Waals surface area contributed by atoms with Crippen LogP contribution in [0.15, 0.2) is 24.3 Å². The lowest BCUT2D eigenvalue weighted by molar-refractivity contribution is 0.406. The summed E-state index contributed by atoms with van der Waals surface area (Å²) in [6.45, 7) is 2.28. The normalized spacial score (nSPS) is 19.2. The minimum atomic E-state index is 0.295. The van der Waals surface area contributed by atoms with Gasteiger partial charge in [0.2, 0.25) is 0 Å². The van der Waals surface area contributed by atoms with Gasteiger partial charge in [-0.2, -0.15) is 0 Å². The van der Waals surface area contributed by atoms with Crippen LogP contribution >= 0.6 is 0 Å². The second-order valence-electron chi connectivity index (χ2n) is 3.93. The van der Waals surface area contributed by atoms with Crippen LogP contribution < -0.4 is 5.32 Å². The van der Waals surface area contributed by atoms with E-state index >= 15 is 0 Å².